The molecule has 1 N–H and O–H groups in total. The molecule has 1 aliphatic carbocycles. The van der Waals surface area contributed by atoms with Gasteiger partial charge in [-0.3, -0.25) is 4.90 Å². The van der Waals surface area contributed by atoms with Crippen molar-refractivity contribution < 1.29 is 0 Å². The maximum atomic E-state index is 4.83. The second kappa shape index (κ2) is 10.0. The number of fused-ring (bicyclic) bond motifs is 1. The summed E-state index contributed by atoms with van der Waals surface area (Å²) in [6.45, 7) is 13.9. The molecular weight excluding hydrogens is 416 g/mol. The Hall–Kier alpha value is -3.11. The fourth-order valence-corrected chi connectivity index (χ4v) is 4.97. The summed E-state index contributed by atoms with van der Waals surface area (Å²) in [5.74, 6) is 1.01. The fourth-order valence-electron chi connectivity index (χ4n) is 4.97. The van der Waals surface area contributed by atoms with Crippen LogP contribution in [-0.2, 0) is 6.42 Å². The number of nitrogens with one attached hydrogen (secondary N) is 1. The van der Waals surface area contributed by atoms with Crippen LogP contribution in [0.25, 0.3) is 22.2 Å². The lowest BCUT2D eigenvalue weighted by molar-refractivity contribution is 0.261. The normalized spacial score (nSPS) is 17.1. The van der Waals surface area contributed by atoms with Gasteiger partial charge in [-0.25, -0.2) is 4.98 Å². The Morgan fingerprint density at radius 3 is 2.38 bits per heavy atom. The molecule has 0 radical (unpaired) electrons. The molecule has 3 aromatic rings. The van der Waals surface area contributed by atoms with Crippen LogP contribution in [0.4, 0.5) is 5.69 Å². The standard InChI is InChI=1S/C30H36N4/c1-4-23-5-14-28-29(21-23)32-30(31-28)26-8-6-24(7-9-26)25-10-12-27(13-11-25)34-19-17-33(18-20-34)16-15-22(2)3/h5-6,8,10-14,21H,2,4,7,9,15-20H2,1,3H3,(H,31,32). The van der Waals surface area contributed by atoms with Crippen molar-refractivity contribution in [3.8, 4) is 0 Å². The minimum Gasteiger partial charge on any atom is -0.369 e. The van der Waals surface area contributed by atoms with Gasteiger partial charge in [0.2, 0.25) is 0 Å². The number of hydrogen-bond donors (Lipinski definition) is 1. The average Bonchev–Trinajstić information content (AvgIpc) is 3.31. The van der Waals surface area contributed by atoms with E-state index in [1.54, 1.807) is 0 Å². The highest BCUT2D eigenvalue weighted by Gasteiger charge is 2.18. The van der Waals surface area contributed by atoms with Crippen LogP contribution < -0.4 is 4.90 Å². The Morgan fingerprint density at radius 2 is 1.71 bits per heavy atom. The van der Waals surface area contributed by atoms with E-state index in [-0.39, 0.29) is 0 Å². The SMILES string of the molecule is C=C(C)CCN1CCN(c2ccc(C3=CC=C(c4nc5ccc(CC)cc5[nH]4)CC3)cc2)CC1. The zero-order chi connectivity index (χ0) is 23.5. The first-order chi connectivity index (χ1) is 16.6. The van der Waals surface area contributed by atoms with E-state index in [9.17, 15) is 0 Å². The smallest absolute Gasteiger partial charge is 0.134 e. The van der Waals surface area contributed by atoms with Crippen molar-refractivity contribution in [2.24, 2.45) is 0 Å². The largest absolute Gasteiger partial charge is 0.369 e. The Balaban J connectivity index is 1.23. The van der Waals surface area contributed by atoms with E-state index in [1.165, 1.54) is 33.5 Å². The van der Waals surface area contributed by atoms with Gasteiger partial charge < -0.3 is 9.88 Å². The predicted octanol–water partition coefficient (Wildman–Crippen LogP) is 6.47. The van der Waals surface area contributed by atoms with E-state index >= 15 is 0 Å². The summed E-state index contributed by atoms with van der Waals surface area (Å²) in [6, 6.07) is 15.7. The van der Waals surface area contributed by atoms with Gasteiger partial charge in [-0.2, -0.15) is 0 Å². The van der Waals surface area contributed by atoms with Crippen LogP contribution in [0.2, 0.25) is 0 Å². The van der Waals surface area contributed by atoms with Crippen molar-refractivity contribution in [3.63, 3.8) is 0 Å². The molecule has 0 amide bonds. The van der Waals surface area contributed by atoms with Gasteiger partial charge in [0.1, 0.15) is 5.82 Å². The predicted molar refractivity (Wildman–Crippen MR) is 145 cm³/mol. The third kappa shape index (κ3) is 5.02. The molecule has 0 saturated carbocycles. The number of nitrogens with zero attached hydrogens (tertiary/aromatic N) is 3. The lowest BCUT2D eigenvalue weighted by Crippen LogP contribution is -2.46. The number of imidazole rings is 1. The van der Waals surface area contributed by atoms with Gasteiger partial charge in [-0.05, 0) is 79.1 Å². The summed E-state index contributed by atoms with van der Waals surface area (Å²) >= 11 is 0. The number of benzene rings is 2. The average molecular weight is 453 g/mol. The van der Waals surface area contributed by atoms with Crippen molar-refractivity contribution in [2.75, 3.05) is 37.6 Å². The maximum absolute atomic E-state index is 4.83. The number of hydrogen-bond acceptors (Lipinski definition) is 3. The maximum Gasteiger partial charge on any atom is 0.134 e. The molecule has 34 heavy (non-hydrogen) atoms. The third-order valence-corrected chi connectivity index (χ3v) is 7.24. The molecule has 5 rings (SSSR count). The summed E-state index contributed by atoms with van der Waals surface area (Å²) in [5, 5.41) is 0. The third-order valence-electron chi connectivity index (χ3n) is 7.24. The summed E-state index contributed by atoms with van der Waals surface area (Å²) in [4.78, 5) is 13.4. The number of aromatic nitrogens is 2. The molecule has 0 unspecified atom stereocenters. The highest BCUT2D eigenvalue weighted by Crippen LogP contribution is 2.32. The van der Waals surface area contributed by atoms with Crippen molar-refractivity contribution in [1.29, 1.82) is 0 Å². The van der Waals surface area contributed by atoms with E-state index in [4.69, 9.17) is 4.98 Å². The van der Waals surface area contributed by atoms with Crippen LogP contribution in [0.1, 0.15) is 50.1 Å². The van der Waals surface area contributed by atoms with Gasteiger partial charge in [-0.15, -0.1) is 6.58 Å². The number of aromatic amines is 1. The summed E-state index contributed by atoms with van der Waals surface area (Å²) in [5.41, 5.74) is 10.2. The van der Waals surface area contributed by atoms with Gasteiger partial charge >= 0.3 is 0 Å². The van der Waals surface area contributed by atoms with Crippen LogP contribution in [0, 0.1) is 0 Å². The van der Waals surface area contributed by atoms with Crippen molar-refractivity contribution >= 4 is 27.9 Å². The monoisotopic (exact) mass is 452 g/mol. The summed E-state index contributed by atoms with van der Waals surface area (Å²) in [6.07, 6.45) is 8.73. The molecule has 0 bridgehead atoms. The Bertz CT molecular complexity index is 1220. The van der Waals surface area contributed by atoms with Crippen molar-refractivity contribution in [1.82, 2.24) is 14.9 Å². The van der Waals surface area contributed by atoms with E-state index in [0.29, 0.717) is 0 Å². The lowest BCUT2D eigenvalue weighted by Gasteiger charge is -2.36. The topological polar surface area (TPSA) is 35.2 Å². The molecule has 4 nitrogen and oxygen atoms in total. The van der Waals surface area contributed by atoms with Crippen LogP contribution in [0.5, 0.6) is 0 Å². The van der Waals surface area contributed by atoms with Crippen LogP contribution >= 0.6 is 0 Å². The minimum atomic E-state index is 1.01. The molecular formula is C30H36N4. The molecule has 2 aliphatic rings. The zero-order valence-corrected chi connectivity index (χ0v) is 20.6. The number of aryl methyl sites for hydroxylation is 1. The lowest BCUT2D eigenvalue weighted by atomic mass is 9.93. The number of H-pyrrole nitrogens is 1. The second-order valence-corrected chi connectivity index (χ2v) is 9.76. The molecule has 1 aromatic heterocycles. The van der Waals surface area contributed by atoms with Crippen LogP contribution in [0.3, 0.4) is 0 Å². The first-order valence-corrected chi connectivity index (χ1v) is 12.7. The first-order valence-electron chi connectivity index (χ1n) is 12.7. The van der Waals surface area contributed by atoms with Crippen LogP contribution in [-0.4, -0.2) is 47.6 Å². The number of allylic oxidation sites excluding steroid dienone is 4. The minimum absolute atomic E-state index is 1.01. The molecule has 176 valence electrons. The van der Waals surface area contributed by atoms with Gasteiger partial charge in [0.15, 0.2) is 0 Å². The van der Waals surface area contributed by atoms with Crippen molar-refractivity contribution in [2.45, 2.75) is 39.5 Å². The zero-order valence-electron chi connectivity index (χ0n) is 20.6. The van der Waals surface area contributed by atoms with Crippen molar-refractivity contribution in [3.05, 3.63) is 83.7 Å². The van der Waals surface area contributed by atoms with Gasteiger partial charge in [0, 0.05) is 38.4 Å². The fraction of sp³-hybridized carbons (Fsp3) is 0.367. The number of anilines is 1. The van der Waals surface area contributed by atoms with Gasteiger partial charge in [-0.1, -0.05) is 42.8 Å². The summed E-state index contributed by atoms with van der Waals surface area (Å²) < 4.78 is 0. The molecule has 4 heteroatoms. The molecule has 2 heterocycles. The van der Waals surface area contributed by atoms with E-state index in [2.05, 4.69) is 89.8 Å². The van der Waals surface area contributed by atoms with Gasteiger partial charge in [0.05, 0.1) is 11.0 Å². The van der Waals surface area contributed by atoms with E-state index < -0.39 is 0 Å². The molecule has 1 aliphatic heterocycles. The summed E-state index contributed by atoms with van der Waals surface area (Å²) in [7, 11) is 0. The van der Waals surface area contributed by atoms with Crippen LogP contribution in [0.15, 0.2) is 66.8 Å². The highest BCUT2D eigenvalue weighted by atomic mass is 15.3. The molecule has 0 spiro atoms. The Labute approximate surface area is 203 Å². The highest BCUT2D eigenvalue weighted by molar-refractivity contribution is 5.82. The Morgan fingerprint density at radius 1 is 0.971 bits per heavy atom. The second-order valence-electron chi connectivity index (χ2n) is 9.76. The molecule has 0 atom stereocenters. The molecule has 2 aromatic carbocycles. The molecule has 1 saturated heterocycles. The number of piperazine rings is 1. The Kier molecular flexibility index (Phi) is 6.68. The van der Waals surface area contributed by atoms with E-state index in [0.717, 1.165) is 75.3 Å². The molecule has 1 fully saturated rings. The number of rotatable bonds is 7. The van der Waals surface area contributed by atoms with Gasteiger partial charge in [0.25, 0.3) is 0 Å². The van der Waals surface area contributed by atoms with E-state index in [1.807, 2.05) is 0 Å². The first kappa shape index (κ1) is 22.7. The quantitative estimate of drug-likeness (QED) is 0.417.